The largest absolute Gasteiger partial charge is 0.494 e. The second-order valence-corrected chi connectivity index (χ2v) is 7.49. The summed E-state index contributed by atoms with van der Waals surface area (Å²) in [7, 11) is 1.60. The molecule has 4 aromatic rings. The maximum absolute atomic E-state index is 12.3. The Kier molecular flexibility index (Phi) is 5.83. The molecule has 4 N–H and O–H groups in total. The Hall–Kier alpha value is -3.47. The number of methoxy groups -OCH3 is 1. The second kappa shape index (κ2) is 8.58. The number of anilines is 1. The minimum absolute atomic E-state index is 0.0237. The smallest absolute Gasteiger partial charge is 0.407 e. The first kappa shape index (κ1) is 21.8. The van der Waals surface area contributed by atoms with Crippen molar-refractivity contribution in [2.75, 3.05) is 12.8 Å². The van der Waals surface area contributed by atoms with E-state index in [2.05, 4.69) is 20.1 Å². The predicted molar refractivity (Wildman–Crippen MR) is 113 cm³/mol. The molecule has 1 aliphatic rings. The van der Waals surface area contributed by atoms with Crippen molar-refractivity contribution in [1.29, 1.82) is 0 Å². The number of ether oxygens (including phenoxy) is 1. The minimum atomic E-state index is -4.40. The minimum Gasteiger partial charge on any atom is -0.494 e. The molecule has 1 fully saturated rings. The molecule has 1 unspecified atom stereocenters. The average Bonchev–Trinajstić information content (AvgIpc) is 3.23. The van der Waals surface area contributed by atoms with Gasteiger partial charge >= 0.3 is 6.18 Å². The molecule has 168 valence electrons. The monoisotopic (exact) mass is 445 g/mol. The second-order valence-electron chi connectivity index (χ2n) is 7.49. The van der Waals surface area contributed by atoms with Crippen molar-refractivity contribution < 1.29 is 17.9 Å². The van der Waals surface area contributed by atoms with Gasteiger partial charge in [-0.25, -0.2) is 9.97 Å². The van der Waals surface area contributed by atoms with Crippen molar-refractivity contribution in [3.05, 3.63) is 54.1 Å². The molecule has 1 saturated carbocycles. The Bertz CT molecular complexity index is 1220. The normalized spacial score (nSPS) is 15.2. The highest BCUT2D eigenvalue weighted by molar-refractivity contribution is 5.95. The van der Waals surface area contributed by atoms with Crippen molar-refractivity contribution >= 4 is 22.5 Å². The number of benzene rings is 1. The van der Waals surface area contributed by atoms with Crippen LogP contribution in [0.3, 0.4) is 0 Å². The summed E-state index contributed by atoms with van der Waals surface area (Å²) in [6.07, 6.45) is 1.63. The maximum Gasteiger partial charge on any atom is 0.407 e. The van der Waals surface area contributed by atoms with E-state index in [9.17, 15) is 13.2 Å². The Balaban J connectivity index is 0.000000153. The summed E-state index contributed by atoms with van der Waals surface area (Å²) in [5.41, 5.74) is 13.1. The highest BCUT2D eigenvalue weighted by atomic mass is 19.4. The van der Waals surface area contributed by atoms with Gasteiger partial charge in [0.2, 0.25) is 5.95 Å². The summed E-state index contributed by atoms with van der Waals surface area (Å²) < 4.78 is 43.7. The average molecular weight is 445 g/mol. The van der Waals surface area contributed by atoms with Gasteiger partial charge in [0.1, 0.15) is 23.6 Å². The lowest BCUT2D eigenvalue weighted by molar-refractivity contribution is -0.149. The molecule has 5 rings (SSSR count). The van der Waals surface area contributed by atoms with Crippen LogP contribution < -0.4 is 16.2 Å². The number of nitrogens with zero attached hydrogens (tertiary/aromatic N) is 5. The molecule has 0 amide bonds. The molecule has 8 nitrogen and oxygen atoms in total. The van der Waals surface area contributed by atoms with Gasteiger partial charge < -0.3 is 16.2 Å². The van der Waals surface area contributed by atoms with Crippen LogP contribution in [0.25, 0.3) is 16.6 Å². The Morgan fingerprint density at radius 2 is 1.94 bits per heavy atom. The topological polar surface area (TPSA) is 117 Å². The molecule has 3 aromatic heterocycles. The summed E-state index contributed by atoms with van der Waals surface area (Å²) in [4.78, 5) is 12.5. The number of para-hydroxylation sites is 1. The van der Waals surface area contributed by atoms with E-state index >= 15 is 0 Å². The fraction of sp³-hybridized carbons (Fsp3) is 0.333. The van der Waals surface area contributed by atoms with Crippen LogP contribution in [0.1, 0.15) is 42.5 Å². The number of pyridine rings is 1. The van der Waals surface area contributed by atoms with Gasteiger partial charge in [0.05, 0.1) is 7.11 Å². The van der Waals surface area contributed by atoms with Crippen LogP contribution >= 0.6 is 0 Å². The van der Waals surface area contributed by atoms with Gasteiger partial charge in [0.15, 0.2) is 5.65 Å². The first-order valence-electron chi connectivity index (χ1n) is 9.99. The molecule has 1 aliphatic carbocycles. The highest BCUT2D eigenvalue weighted by Gasteiger charge is 2.38. The van der Waals surface area contributed by atoms with E-state index in [0.29, 0.717) is 28.8 Å². The summed E-state index contributed by atoms with van der Waals surface area (Å²) in [5, 5.41) is 4.87. The lowest BCUT2D eigenvalue weighted by Crippen LogP contribution is -2.28. The van der Waals surface area contributed by atoms with Gasteiger partial charge in [-0.2, -0.15) is 22.8 Å². The zero-order valence-electron chi connectivity index (χ0n) is 17.3. The van der Waals surface area contributed by atoms with Crippen LogP contribution in [0.4, 0.5) is 19.1 Å². The molecule has 0 radical (unpaired) electrons. The van der Waals surface area contributed by atoms with Crippen molar-refractivity contribution in [3.63, 3.8) is 0 Å². The lowest BCUT2D eigenvalue weighted by atomic mass is 9.82. The lowest BCUT2D eigenvalue weighted by Gasteiger charge is -2.25. The standard InChI is InChI=1S/C11H13F3N2.C10H9N5O/c12-11(13,14)10(15)8-4-5-9(16-6-8)7-2-1-3-7;1-16-7-4-2-3-6-8(7)14-10(11)15-9(6)12-5-13-15/h4-7,10H,1-3,15H2;2-5H,1H3,(H2,11,14). The van der Waals surface area contributed by atoms with Gasteiger partial charge in [-0.05, 0) is 36.6 Å². The number of nitrogen functional groups attached to an aromatic ring is 1. The van der Waals surface area contributed by atoms with Crippen LogP contribution in [-0.2, 0) is 0 Å². The number of hydrogen-bond donors (Lipinski definition) is 2. The van der Waals surface area contributed by atoms with Gasteiger partial charge in [0.25, 0.3) is 0 Å². The third-order valence-electron chi connectivity index (χ3n) is 5.50. The Morgan fingerprint density at radius 3 is 2.53 bits per heavy atom. The fourth-order valence-corrected chi connectivity index (χ4v) is 3.47. The van der Waals surface area contributed by atoms with Crippen molar-refractivity contribution in [3.8, 4) is 5.75 Å². The SMILES string of the molecule is COc1cccc2c1nc(N)n1ncnc21.NC(c1ccc(C2CCC2)nc1)C(F)(F)F. The molecule has 3 heterocycles. The van der Waals surface area contributed by atoms with Crippen LogP contribution in [0, 0.1) is 0 Å². The van der Waals surface area contributed by atoms with Crippen LogP contribution in [0.2, 0.25) is 0 Å². The molecule has 0 bridgehead atoms. The summed E-state index contributed by atoms with van der Waals surface area (Å²) in [6, 6.07) is 6.78. The van der Waals surface area contributed by atoms with Gasteiger partial charge in [-0.3, -0.25) is 4.98 Å². The van der Waals surface area contributed by atoms with Crippen molar-refractivity contribution in [1.82, 2.24) is 24.6 Å². The third kappa shape index (κ3) is 4.15. The molecule has 0 spiro atoms. The zero-order valence-corrected chi connectivity index (χ0v) is 17.3. The molecule has 1 aromatic carbocycles. The third-order valence-corrected chi connectivity index (χ3v) is 5.50. The molecule has 0 saturated heterocycles. The zero-order chi connectivity index (χ0) is 22.9. The number of hydrogen-bond acceptors (Lipinski definition) is 7. The summed E-state index contributed by atoms with van der Waals surface area (Å²) in [5.74, 6) is 1.40. The molecule has 1 atom stereocenters. The summed E-state index contributed by atoms with van der Waals surface area (Å²) >= 11 is 0. The maximum atomic E-state index is 12.3. The molecule has 0 aliphatic heterocycles. The van der Waals surface area contributed by atoms with E-state index in [1.807, 2.05) is 18.2 Å². The number of aromatic nitrogens is 5. The predicted octanol–water partition coefficient (Wildman–Crippen LogP) is 3.78. The van der Waals surface area contributed by atoms with E-state index < -0.39 is 12.2 Å². The van der Waals surface area contributed by atoms with E-state index in [-0.39, 0.29) is 5.56 Å². The van der Waals surface area contributed by atoms with E-state index in [0.717, 1.165) is 23.9 Å². The first-order valence-corrected chi connectivity index (χ1v) is 9.99. The Morgan fingerprint density at radius 1 is 1.16 bits per heavy atom. The van der Waals surface area contributed by atoms with Gasteiger partial charge in [-0.1, -0.05) is 18.6 Å². The number of rotatable bonds is 3. The van der Waals surface area contributed by atoms with Crippen LogP contribution in [0.15, 0.2) is 42.9 Å². The molecular formula is C21H22F3N7O. The number of fused-ring (bicyclic) bond motifs is 3. The van der Waals surface area contributed by atoms with E-state index in [1.54, 1.807) is 13.2 Å². The van der Waals surface area contributed by atoms with Gasteiger partial charge in [0, 0.05) is 23.2 Å². The van der Waals surface area contributed by atoms with Gasteiger partial charge in [-0.15, -0.1) is 0 Å². The summed E-state index contributed by atoms with van der Waals surface area (Å²) in [6.45, 7) is 0. The Labute approximate surface area is 181 Å². The van der Waals surface area contributed by atoms with E-state index in [4.69, 9.17) is 16.2 Å². The molecule has 32 heavy (non-hydrogen) atoms. The number of alkyl halides is 3. The molecule has 11 heteroatoms. The van der Waals surface area contributed by atoms with Crippen LogP contribution in [0.5, 0.6) is 5.75 Å². The number of halogens is 3. The van der Waals surface area contributed by atoms with E-state index in [1.165, 1.54) is 29.5 Å². The number of nitrogens with two attached hydrogens (primary N) is 2. The fourth-order valence-electron chi connectivity index (χ4n) is 3.47. The molecular weight excluding hydrogens is 423 g/mol. The highest BCUT2D eigenvalue weighted by Crippen LogP contribution is 2.36. The van der Waals surface area contributed by atoms with Crippen LogP contribution in [-0.4, -0.2) is 37.9 Å². The first-order chi connectivity index (χ1) is 15.3. The van der Waals surface area contributed by atoms with Crippen molar-refractivity contribution in [2.45, 2.75) is 37.4 Å². The quantitative estimate of drug-likeness (QED) is 0.493. The van der Waals surface area contributed by atoms with Crippen molar-refractivity contribution in [2.24, 2.45) is 5.73 Å².